The van der Waals surface area contributed by atoms with Crippen LogP contribution in [-0.2, 0) is 0 Å². The SMILES string of the molecule is IOc1cn[nH]c1. The first-order valence-corrected chi connectivity index (χ1v) is 2.59. The van der Waals surface area contributed by atoms with Gasteiger partial charge in [-0.3, -0.25) is 5.10 Å². The standard InChI is InChI=1S/C3H3IN2O/c4-7-3-1-5-6-2-3/h1-2H,(H,5,6). The van der Waals surface area contributed by atoms with Crippen molar-refractivity contribution in [2.24, 2.45) is 0 Å². The van der Waals surface area contributed by atoms with Gasteiger partial charge in [0.05, 0.1) is 12.4 Å². The van der Waals surface area contributed by atoms with E-state index in [9.17, 15) is 0 Å². The van der Waals surface area contributed by atoms with Crippen molar-refractivity contribution in [3.63, 3.8) is 0 Å². The Labute approximate surface area is 54.8 Å². The second-order valence-electron chi connectivity index (χ2n) is 1.01. The van der Waals surface area contributed by atoms with E-state index in [1.807, 2.05) is 0 Å². The van der Waals surface area contributed by atoms with Crippen molar-refractivity contribution in [2.45, 2.75) is 0 Å². The van der Waals surface area contributed by atoms with Crippen LogP contribution >= 0.6 is 23.0 Å². The minimum atomic E-state index is 0.751. The number of aromatic nitrogens is 2. The summed E-state index contributed by atoms with van der Waals surface area (Å²) in [6.07, 6.45) is 3.28. The molecule has 0 bridgehead atoms. The number of rotatable bonds is 1. The fourth-order valence-electron chi connectivity index (χ4n) is 0.281. The van der Waals surface area contributed by atoms with Gasteiger partial charge in [-0.25, -0.2) is 0 Å². The molecule has 4 heteroatoms. The van der Waals surface area contributed by atoms with Gasteiger partial charge in [-0.2, -0.15) is 5.10 Å². The first-order chi connectivity index (χ1) is 3.43. The van der Waals surface area contributed by atoms with Crippen molar-refractivity contribution in [1.82, 2.24) is 10.2 Å². The van der Waals surface area contributed by atoms with Crippen LogP contribution in [0.2, 0.25) is 0 Å². The fraction of sp³-hybridized carbons (Fsp3) is 0. The third-order valence-corrected chi connectivity index (χ3v) is 1.07. The molecule has 0 unspecified atom stereocenters. The third kappa shape index (κ3) is 1.05. The van der Waals surface area contributed by atoms with Crippen LogP contribution in [0.25, 0.3) is 0 Å². The predicted octanol–water partition coefficient (Wildman–Crippen LogP) is 1.14. The molecular weight excluding hydrogens is 207 g/mol. The summed E-state index contributed by atoms with van der Waals surface area (Å²) < 4.78 is 4.73. The second-order valence-corrected chi connectivity index (χ2v) is 1.45. The van der Waals surface area contributed by atoms with Gasteiger partial charge in [0.15, 0.2) is 28.8 Å². The van der Waals surface area contributed by atoms with E-state index in [4.69, 9.17) is 3.07 Å². The van der Waals surface area contributed by atoms with Gasteiger partial charge in [0.2, 0.25) is 0 Å². The Balaban J connectivity index is 2.76. The summed E-state index contributed by atoms with van der Waals surface area (Å²) in [5.74, 6) is 0.751. The summed E-state index contributed by atoms with van der Waals surface area (Å²) in [6, 6.07) is 0. The molecule has 0 radical (unpaired) electrons. The zero-order valence-corrected chi connectivity index (χ0v) is 5.55. The molecule has 7 heavy (non-hydrogen) atoms. The molecule has 1 rings (SSSR count). The van der Waals surface area contributed by atoms with Crippen LogP contribution in [-0.4, -0.2) is 10.2 Å². The molecular formula is C3H3IN2O. The number of aromatic amines is 1. The lowest BCUT2D eigenvalue weighted by Crippen LogP contribution is -1.62. The summed E-state index contributed by atoms with van der Waals surface area (Å²) in [5.41, 5.74) is 0. The number of halogens is 1. The minimum Gasteiger partial charge on any atom is -0.424 e. The largest absolute Gasteiger partial charge is 0.424 e. The lowest BCUT2D eigenvalue weighted by Gasteiger charge is -1.80. The molecule has 0 aliphatic heterocycles. The number of hydrogen-bond acceptors (Lipinski definition) is 2. The lowest BCUT2D eigenvalue weighted by molar-refractivity contribution is 0.718. The molecule has 1 N–H and O–H groups in total. The van der Waals surface area contributed by atoms with Crippen molar-refractivity contribution < 1.29 is 3.07 Å². The lowest BCUT2D eigenvalue weighted by atomic mass is 10.7. The zero-order chi connectivity index (χ0) is 5.11. The summed E-state index contributed by atoms with van der Waals surface area (Å²) in [6.45, 7) is 0. The van der Waals surface area contributed by atoms with Crippen LogP contribution in [0, 0.1) is 0 Å². The first-order valence-electron chi connectivity index (χ1n) is 1.71. The van der Waals surface area contributed by atoms with Gasteiger partial charge in [0.25, 0.3) is 0 Å². The topological polar surface area (TPSA) is 37.9 Å². The summed E-state index contributed by atoms with van der Waals surface area (Å²) >= 11 is 1.79. The number of H-pyrrole nitrogens is 1. The van der Waals surface area contributed by atoms with Crippen molar-refractivity contribution in [2.75, 3.05) is 0 Å². The van der Waals surface area contributed by atoms with Crippen LogP contribution < -0.4 is 3.07 Å². The zero-order valence-electron chi connectivity index (χ0n) is 3.39. The summed E-state index contributed by atoms with van der Waals surface area (Å²) in [4.78, 5) is 0. The highest BCUT2D eigenvalue weighted by molar-refractivity contribution is 14.1. The van der Waals surface area contributed by atoms with Gasteiger partial charge in [-0.05, 0) is 0 Å². The second kappa shape index (κ2) is 2.15. The van der Waals surface area contributed by atoms with Crippen LogP contribution in [0.5, 0.6) is 5.75 Å². The minimum absolute atomic E-state index is 0.751. The highest BCUT2D eigenvalue weighted by atomic mass is 127. The Hall–Kier alpha value is -0.260. The first kappa shape index (κ1) is 4.89. The molecule has 1 heterocycles. The monoisotopic (exact) mass is 210 g/mol. The van der Waals surface area contributed by atoms with Crippen LogP contribution in [0.15, 0.2) is 12.4 Å². The van der Waals surface area contributed by atoms with E-state index in [1.54, 1.807) is 35.4 Å². The Morgan fingerprint density at radius 3 is 3.00 bits per heavy atom. The average Bonchev–Trinajstić information content (AvgIpc) is 2.14. The van der Waals surface area contributed by atoms with Gasteiger partial charge in [-0.15, -0.1) is 0 Å². The van der Waals surface area contributed by atoms with Gasteiger partial charge in [0, 0.05) is 0 Å². The molecule has 0 atom stereocenters. The van der Waals surface area contributed by atoms with Gasteiger partial charge in [-0.1, -0.05) is 0 Å². The quantitative estimate of drug-likeness (QED) is 0.705. The Kier molecular flexibility index (Phi) is 1.50. The maximum absolute atomic E-state index is 4.73. The molecule has 1 aromatic heterocycles. The van der Waals surface area contributed by atoms with Crippen LogP contribution in [0.3, 0.4) is 0 Å². The van der Waals surface area contributed by atoms with E-state index < -0.39 is 0 Å². The average molecular weight is 210 g/mol. The normalized spacial score (nSPS) is 8.71. The van der Waals surface area contributed by atoms with Crippen molar-refractivity contribution >= 4 is 23.0 Å². The van der Waals surface area contributed by atoms with E-state index in [2.05, 4.69) is 10.2 Å². The molecule has 0 saturated carbocycles. The molecule has 0 spiro atoms. The molecule has 0 aliphatic carbocycles. The molecule has 1 aromatic rings. The van der Waals surface area contributed by atoms with E-state index in [-0.39, 0.29) is 0 Å². The van der Waals surface area contributed by atoms with Crippen molar-refractivity contribution in [1.29, 1.82) is 0 Å². The maximum atomic E-state index is 4.73. The van der Waals surface area contributed by atoms with E-state index in [0.29, 0.717) is 0 Å². The fourth-order valence-corrected chi connectivity index (χ4v) is 0.522. The summed E-state index contributed by atoms with van der Waals surface area (Å²) in [7, 11) is 0. The van der Waals surface area contributed by atoms with Crippen molar-refractivity contribution in [3.05, 3.63) is 12.4 Å². The Morgan fingerprint density at radius 2 is 2.71 bits per heavy atom. The molecule has 0 aliphatic rings. The highest BCUT2D eigenvalue weighted by Crippen LogP contribution is 2.06. The molecule has 3 nitrogen and oxygen atoms in total. The molecule has 38 valence electrons. The number of nitrogens with one attached hydrogen (secondary N) is 1. The smallest absolute Gasteiger partial charge is 0.192 e. The number of hydrogen-bond donors (Lipinski definition) is 1. The van der Waals surface area contributed by atoms with E-state index in [1.165, 1.54) is 0 Å². The van der Waals surface area contributed by atoms with Gasteiger partial charge < -0.3 is 3.07 Å². The van der Waals surface area contributed by atoms with Crippen LogP contribution in [0.1, 0.15) is 0 Å². The highest BCUT2D eigenvalue weighted by Gasteiger charge is 1.85. The predicted molar refractivity (Wildman–Crippen MR) is 33.2 cm³/mol. The number of nitrogens with zero attached hydrogens (tertiary/aromatic N) is 1. The molecule has 0 amide bonds. The van der Waals surface area contributed by atoms with E-state index >= 15 is 0 Å². The third-order valence-electron chi connectivity index (χ3n) is 0.562. The Bertz CT molecular complexity index is 127. The van der Waals surface area contributed by atoms with Gasteiger partial charge in [0.1, 0.15) is 0 Å². The summed E-state index contributed by atoms with van der Waals surface area (Å²) in [5, 5.41) is 6.24. The van der Waals surface area contributed by atoms with Crippen LogP contribution in [0.4, 0.5) is 0 Å². The van der Waals surface area contributed by atoms with Gasteiger partial charge >= 0.3 is 0 Å². The molecule has 0 saturated heterocycles. The van der Waals surface area contributed by atoms with E-state index in [0.717, 1.165) is 5.75 Å². The molecule has 0 fully saturated rings. The molecule has 0 aromatic carbocycles. The Morgan fingerprint density at radius 1 is 1.86 bits per heavy atom. The maximum Gasteiger partial charge on any atom is 0.192 e. The van der Waals surface area contributed by atoms with Crippen molar-refractivity contribution in [3.8, 4) is 5.75 Å².